The third-order valence-electron chi connectivity index (χ3n) is 1.59. The van der Waals surface area contributed by atoms with Crippen molar-refractivity contribution >= 4 is 23.4 Å². The van der Waals surface area contributed by atoms with E-state index < -0.39 is 0 Å². The number of halogens is 1. The topological polar surface area (TPSA) is 25.8 Å². The second-order valence-electron chi connectivity index (χ2n) is 2.89. The first-order chi connectivity index (χ1) is 5.74. The molecule has 0 atom stereocenters. The average Bonchev–Trinajstić information content (AvgIpc) is 2.68. The number of thioether (sulfide) groups is 1. The Morgan fingerprint density at radius 3 is 2.83 bits per heavy atom. The third kappa shape index (κ3) is 2.11. The molecule has 1 aliphatic rings. The fourth-order valence-corrected chi connectivity index (χ4v) is 2.29. The predicted octanol–water partition coefficient (Wildman–Crippen LogP) is 2.69. The van der Waals surface area contributed by atoms with Gasteiger partial charge in [0.2, 0.25) is 0 Å². The van der Waals surface area contributed by atoms with Crippen molar-refractivity contribution in [2.24, 2.45) is 0 Å². The molecule has 0 radical (unpaired) electrons. The highest BCUT2D eigenvalue weighted by atomic mass is 35.5. The first-order valence-electron chi connectivity index (χ1n) is 3.92. The second-order valence-corrected chi connectivity index (χ2v) is 4.60. The molecule has 0 unspecified atom stereocenters. The van der Waals surface area contributed by atoms with Crippen molar-refractivity contribution in [2.75, 3.05) is 0 Å². The van der Waals surface area contributed by atoms with Crippen LogP contribution < -0.4 is 0 Å². The fourth-order valence-electron chi connectivity index (χ4n) is 0.923. The van der Waals surface area contributed by atoms with Crippen LogP contribution in [0.25, 0.3) is 0 Å². The van der Waals surface area contributed by atoms with Gasteiger partial charge in [-0.1, -0.05) is 11.6 Å². The van der Waals surface area contributed by atoms with Crippen molar-refractivity contribution in [1.29, 1.82) is 0 Å². The van der Waals surface area contributed by atoms with Gasteiger partial charge in [-0.05, 0) is 19.8 Å². The predicted molar refractivity (Wildman–Crippen MR) is 50.7 cm³/mol. The molecule has 1 aromatic rings. The van der Waals surface area contributed by atoms with Crippen LogP contribution in [0, 0.1) is 6.92 Å². The van der Waals surface area contributed by atoms with Gasteiger partial charge in [-0.15, -0.1) is 11.8 Å². The fraction of sp³-hybridized carbons (Fsp3) is 0.500. The van der Waals surface area contributed by atoms with Crippen molar-refractivity contribution in [2.45, 2.75) is 30.0 Å². The Bertz CT molecular complexity index is 279. The van der Waals surface area contributed by atoms with Crippen LogP contribution in [0.5, 0.6) is 0 Å². The van der Waals surface area contributed by atoms with Gasteiger partial charge in [-0.2, -0.15) is 0 Å². The van der Waals surface area contributed by atoms with Crippen molar-refractivity contribution in [3.05, 3.63) is 17.0 Å². The van der Waals surface area contributed by atoms with Crippen molar-refractivity contribution in [1.82, 2.24) is 9.97 Å². The van der Waals surface area contributed by atoms with E-state index in [1.165, 1.54) is 12.8 Å². The maximum Gasteiger partial charge on any atom is 0.133 e. The van der Waals surface area contributed by atoms with Gasteiger partial charge in [-0.3, -0.25) is 0 Å². The lowest BCUT2D eigenvalue weighted by atomic mass is 10.6. The summed E-state index contributed by atoms with van der Waals surface area (Å²) in [5.41, 5.74) is 0. The third-order valence-corrected chi connectivity index (χ3v) is 3.04. The molecule has 0 N–H and O–H groups in total. The molecule has 0 aromatic carbocycles. The highest BCUT2D eigenvalue weighted by Gasteiger charge is 2.23. The molecule has 12 heavy (non-hydrogen) atoms. The highest BCUT2D eigenvalue weighted by molar-refractivity contribution is 8.00. The van der Waals surface area contributed by atoms with Gasteiger partial charge in [0.25, 0.3) is 0 Å². The molecule has 1 aliphatic carbocycles. The average molecular weight is 201 g/mol. The van der Waals surface area contributed by atoms with Crippen LogP contribution in [0.4, 0.5) is 0 Å². The van der Waals surface area contributed by atoms with E-state index in [1.807, 2.05) is 13.0 Å². The van der Waals surface area contributed by atoms with Crippen molar-refractivity contribution < 1.29 is 0 Å². The molecule has 1 saturated carbocycles. The molecule has 0 spiro atoms. The lowest BCUT2D eigenvalue weighted by Gasteiger charge is -1.99. The number of aromatic nitrogens is 2. The molecule has 0 bridgehead atoms. The van der Waals surface area contributed by atoms with Gasteiger partial charge in [0.05, 0.1) is 0 Å². The number of nitrogens with zero attached hydrogens (tertiary/aromatic N) is 2. The zero-order valence-corrected chi connectivity index (χ0v) is 8.32. The van der Waals surface area contributed by atoms with Crippen LogP contribution in [-0.4, -0.2) is 15.2 Å². The van der Waals surface area contributed by atoms with E-state index in [4.69, 9.17) is 11.6 Å². The molecular weight excluding hydrogens is 192 g/mol. The largest absolute Gasteiger partial charge is 0.227 e. The van der Waals surface area contributed by atoms with Crippen LogP contribution in [0.1, 0.15) is 18.7 Å². The minimum absolute atomic E-state index is 0.547. The summed E-state index contributed by atoms with van der Waals surface area (Å²) in [5.74, 6) is 0.755. The Morgan fingerprint density at radius 2 is 2.25 bits per heavy atom. The summed E-state index contributed by atoms with van der Waals surface area (Å²) < 4.78 is 0. The van der Waals surface area contributed by atoms with Crippen LogP contribution in [0.15, 0.2) is 11.1 Å². The zero-order valence-electron chi connectivity index (χ0n) is 6.75. The zero-order chi connectivity index (χ0) is 8.55. The first kappa shape index (κ1) is 8.32. The molecule has 1 aromatic heterocycles. The Hall–Kier alpha value is -0.280. The smallest absolute Gasteiger partial charge is 0.133 e. The Kier molecular flexibility index (Phi) is 2.24. The summed E-state index contributed by atoms with van der Waals surface area (Å²) in [6.07, 6.45) is 2.62. The maximum atomic E-state index is 5.79. The summed E-state index contributed by atoms with van der Waals surface area (Å²) >= 11 is 7.59. The van der Waals surface area contributed by atoms with E-state index in [9.17, 15) is 0 Å². The van der Waals surface area contributed by atoms with Gasteiger partial charge in [0, 0.05) is 11.3 Å². The number of hydrogen-bond acceptors (Lipinski definition) is 3. The summed E-state index contributed by atoms with van der Waals surface area (Å²) in [4.78, 5) is 8.28. The van der Waals surface area contributed by atoms with Crippen LogP contribution in [-0.2, 0) is 0 Å². The van der Waals surface area contributed by atoms with E-state index in [0.717, 1.165) is 16.1 Å². The van der Waals surface area contributed by atoms with Crippen molar-refractivity contribution in [3.63, 3.8) is 0 Å². The van der Waals surface area contributed by atoms with Gasteiger partial charge < -0.3 is 0 Å². The normalized spacial score (nSPS) is 16.5. The van der Waals surface area contributed by atoms with Crippen LogP contribution in [0.3, 0.4) is 0 Å². The summed E-state index contributed by atoms with van der Waals surface area (Å²) in [5, 5.41) is 2.33. The van der Waals surface area contributed by atoms with Crippen LogP contribution in [0.2, 0.25) is 5.15 Å². The number of aryl methyl sites for hydroxylation is 1. The van der Waals surface area contributed by atoms with E-state index in [-0.39, 0.29) is 0 Å². The second kappa shape index (κ2) is 3.23. The van der Waals surface area contributed by atoms with Gasteiger partial charge in [0.15, 0.2) is 0 Å². The van der Waals surface area contributed by atoms with E-state index in [2.05, 4.69) is 9.97 Å². The molecule has 1 heterocycles. The summed E-state index contributed by atoms with van der Waals surface area (Å²) in [6, 6.07) is 1.83. The summed E-state index contributed by atoms with van der Waals surface area (Å²) in [6.45, 7) is 1.86. The van der Waals surface area contributed by atoms with Gasteiger partial charge >= 0.3 is 0 Å². The minimum atomic E-state index is 0.547. The molecular formula is C8H9ClN2S. The molecule has 2 rings (SSSR count). The standard InChI is InChI=1S/C8H9ClN2S/c1-5-10-7(9)4-8(11-5)12-6-2-3-6/h4,6H,2-3H2,1H3. The molecule has 4 heteroatoms. The molecule has 0 aliphatic heterocycles. The van der Waals surface area contributed by atoms with E-state index in [1.54, 1.807) is 11.8 Å². The highest BCUT2D eigenvalue weighted by Crippen LogP contribution is 2.38. The van der Waals surface area contributed by atoms with Crippen LogP contribution >= 0.6 is 23.4 Å². The Morgan fingerprint density at radius 1 is 1.50 bits per heavy atom. The van der Waals surface area contributed by atoms with E-state index in [0.29, 0.717) is 5.15 Å². The molecule has 0 saturated heterocycles. The minimum Gasteiger partial charge on any atom is -0.227 e. The van der Waals surface area contributed by atoms with Crippen molar-refractivity contribution in [3.8, 4) is 0 Å². The summed E-state index contributed by atoms with van der Waals surface area (Å²) in [7, 11) is 0. The van der Waals surface area contributed by atoms with Gasteiger partial charge in [0.1, 0.15) is 16.0 Å². The Balaban J connectivity index is 2.18. The maximum absolute atomic E-state index is 5.79. The molecule has 0 amide bonds. The number of rotatable bonds is 2. The first-order valence-corrected chi connectivity index (χ1v) is 5.17. The van der Waals surface area contributed by atoms with Gasteiger partial charge in [-0.25, -0.2) is 9.97 Å². The lowest BCUT2D eigenvalue weighted by Crippen LogP contribution is -1.90. The monoisotopic (exact) mass is 200 g/mol. The quantitative estimate of drug-likeness (QED) is 0.687. The number of hydrogen-bond donors (Lipinski definition) is 0. The lowest BCUT2D eigenvalue weighted by molar-refractivity contribution is 0.967. The molecule has 1 fully saturated rings. The molecule has 64 valence electrons. The SMILES string of the molecule is Cc1nc(Cl)cc(SC2CC2)n1. The van der Waals surface area contributed by atoms with E-state index >= 15 is 0 Å². The molecule has 2 nitrogen and oxygen atoms in total. The Labute approximate surface area is 80.8 Å².